The molecule has 4 N–H and O–H groups in total. The van der Waals surface area contributed by atoms with Gasteiger partial charge in [-0.3, -0.25) is 11.7 Å². The Morgan fingerprint density at radius 1 is 1.00 bits per heavy atom. The first-order chi connectivity index (χ1) is 3.50. The molecule has 0 radical (unpaired) electrons. The van der Waals surface area contributed by atoms with Gasteiger partial charge in [-0.25, -0.2) is 0 Å². The van der Waals surface area contributed by atoms with Crippen molar-refractivity contribution in [2.24, 2.45) is 11.7 Å². The van der Waals surface area contributed by atoms with E-state index in [9.17, 15) is 0 Å². The largest absolute Gasteiger partial charge is 0.381 e. The Morgan fingerprint density at radius 2 is 1.43 bits per heavy atom. The van der Waals surface area contributed by atoms with Crippen molar-refractivity contribution in [3.63, 3.8) is 0 Å². The summed E-state index contributed by atoms with van der Waals surface area (Å²) in [5.74, 6) is 8.00. The Balaban J connectivity index is 0.000000162. The molecule has 0 saturated carbocycles. The fourth-order valence-electron chi connectivity index (χ4n) is 0.510. The third kappa shape index (κ3) is 3.72. The van der Waals surface area contributed by atoms with Crippen LogP contribution in [0.5, 0.6) is 0 Å². The van der Waals surface area contributed by atoms with Crippen LogP contribution in [-0.4, -0.2) is 13.2 Å². The summed E-state index contributed by atoms with van der Waals surface area (Å²) in [5.41, 5.74) is 0. The molecule has 3 heteroatoms. The maximum atomic E-state index is 4.94. The van der Waals surface area contributed by atoms with Crippen LogP contribution in [0.3, 0.4) is 0 Å². The Bertz CT molecular complexity index is 21.3. The summed E-state index contributed by atoms with van der Waals surface area (Å²) >= 11 is 0. The van der Waals surface area contributed by atoms with Crippen molar-refractivity contribution in [1.29, 1.82) is 0 Å². The van der Waals surface area contributed by atoms with E-state index in [1.54, 1.807) is 0 Å². The topological polar surface area (TPSA) is 61.3 Å². The predicted octanol–water partition coefficient (Wildman–Crippen LogP) is -0.384. The van der Waals surface area contributed by atoms with Gasteiger partial charge in [-0.2, -0.15) is 0 Å². The first-order valence-electron chi connectivity index (χ1n) is 2.41. The van der Waals surface area contributed by atoms with Gasteiger partial charge in [-0.05, 0) is 12.8 Å². The zero-order chi connectivity index (χ0) is 5.54. The van der Waals surface area contributed by atoms with Gasteiger partial charge < -0.3 is 4.74 Å². The average Bonchev–Trinajstić information content (AvgIpc) is 2.23. The number of hydrogen-bond donors (Lipinski definition) is 2. The zero-order valence-electron chi connectivity index (χ0n) is 4.39. The third-order valence-corrected chi connectivity index (χ3v) is 0.827. The molecule has 0 unspecified atom stereocenters. The summed E-state index contributed by atoms with van der Waals surface area (Å²) < 4.78 is 4.94. The molecule has 1 aliphatic rings. The Labute approximate surface area is 43.6 Å². The van der Waals surface area contributed by atoms with E-state index in [0.29, 0.717) is 0 Å². The van der Waals surface area contributed by atoms with Crippen molar-refractivity contribution in [1.82, 2.24) is 0 Å². The lowest BCUT2D eigenvalue weighted by atomic mass is 10.4. The lowest BCUT2D eigenvalue weighted by molar-refractivity contribution is 0.198. The van der Waals surface area contributed by atoms with Gasteiger partial charge in [0.1, 0.15) is 0 Å². The highest BCUT2D eigenvalue weighted by atomic mass is 16.5. The summed E-state index contributed by atoms with van der Waals surface area (Å²) in [6.45, 7) is 2.00. The molecular weight excluding hydrogens is 92.1 g/mol. The molecule has 0 aliphatic carbocycles. The van der Waals surface area contributed by atoms with Crippen LogP contribution in [0.1, 0.15) is 12.8 Å². The van der Waals surface area contributed by atoms with Gasteiger partial charge in [0.15, 0.2) is 0 Å². The van der Waals surface area contributed by atoms with E-state index in [4.69, 9.17) is 4.74 Å². The second-order valence-electron chi connectivity index (χ2n) is 1.32. The standard InChI is InChI=1S/C4H8O.H4N2/c1-2-4-5-3-1;1-2/h1-4H2;1-2H2. The summed E-state index contributed by atoms with van der Waals surface area (Å²) in [5, 5.41) is 0. The second-order valence-corrected chi connectivity index (χ2v) is 1.32. The lowest BCUT2D eigenvalue weighted by Gasteiger charge is -1.76. The Morgan fingerprint density at radius 3 is 1.57 bits per heavy atom. The van der Waals surface area contributed by atoms with Gasteiger partial charge in [0.25, 0.3) is 0 Å². The first kappa shape index (κ1) is 6.88. The minimum absolute atomic E-state index is 1.00. The Kier molecular flexibility index (Phi) is 5.78. The summed E-state index contributed by atoms with van der Waals surface area (Å²) in [6.07, 6.45) is 2.56. The molecule has 0 atom stereocenters. The van der Waals surface area contributed by atoms with Crippen LogP contribution in [0.15, 0.2) is 0 Å². The number of hydrazine groups is 1. The molecule has 1 aliphatic heterocycles. The van der Waals surface area contributed by atoms with E-state index in [1.165, 1.54) is 12.8 Å². The zero-order valence-corrected chi connectivity index (χ0v) is 4.39. The van der Waals surface area contributed by atoms with E-state index in [2.05, 4.69) is 11.7 Å². The molecule has 0 bridgehead atoms. The fraction of sp³-hybridized carbons (Fsp3) is 1.00. The first-order valence-corrected chi connectivity index (χ1v) is 2.41. The highest BCUT2D eigenvalue weighted by Crippen LogP contribution is 1.98. The van der Waals surface area contributed by atoms with Crippen LogP contribution in [0.4, 0.5) is 0 Å². The molecule has 0 aromatic heterocycles. The molecule has 1 heterocycles. The van der Waals surface area contributed by atoms with Crippen molar-refractivity contribution in [2.45, 2.75) is 12.8 Å². The van der Waals surface area contributed by atoms with E-state index in [0.717, 1.165) is 13.2 Å². The minimum atomic E-state index is 1.00. The monoisotopic (exact) mass is 104 g/mol. The maximum Gasteiger partial charge on any atom is 0.0466 e. The highest BCUT2D eigenvalue weighted by molar-refractivity contribution is 4.43. The van der Waals surface area contributed by atoms with Gasteiger partial charge in [-0.15, -0.1) is 0 Å². The smallest absolute Gasteiger partial charge is 0.0466 e. The van der Waals surface area contributed by atoms with E-state index >= 15 is 0 Å². The SMILES string of the molecule is C1CCOC1.NN. The number of nitrogens with two attached hydrogens (primary N) is 2. The maximum absolute atomic E-state index is 4.94. The lowest BCUT2D eigenvalue weighted by Crippen LogP contribution is -2.02. The molecule has 3 nitrogen and oxygen atoms in total. The normalized spacial score (nSPS) is 18.0. The fourth-order valence-corrected chi connectivity index (χ4v) is 0.510. The van der Waals surface area contributed by atoms with Crippen LogP contribution in [0.2, 0.25) is 0 Å². The van der Waals surface area contributed by atoms with E-state index < -0.39 is 0 Å². The second kappa shape index (κ2) is 5.88. The van der Waals surface area contributed by atoms with Gasteiger partial charge >= 0.3 is 0 Å². The predicted molar refractivity (Wildman–Crippen MR) is 28.4 cm³/mol. The third-order valence-electron chi connectivity index (χ3n) is 0.827. The van der Waals surface area contributed by atoms with Crippen LogP contribution >= 0.6 is 0 Å². The molecule has 1 saturated heterocycles. The molecule has 7 heavy (non-hydrogen) atoms. The summed E-state index contributed by atoms with van der Waals surface area (Å²) in [6, 6.07) is 0. The van der Waals surface area contributed by atoms with Crippen LogP contribution in [0, 0.1) is 0 Å². The van der Waals surface area contributed by atoms with Crippen molar-refractivity contribution in [3.05, 3.63) is 0 Å². The van der Waals surface area contributed by atoms with Crippen LogP contribution < -0.4 is 11.7 Å². The molecule has 0 amide bonds. The number of hydrogen-bond acceptors (Lipinski definition) is 3. The van der Waals surface area contributed by atoms with Gasteiger partial charge in [0.05, 0.1) is 0 Å². The molecule has 0 aromatic rings. The van der Waals surface area contributed by atoms with Crippen molar-refractivity contribution in [2.75, 3.05) is 13.2 Å². The number of rotatable bonds is 0. The van der Waals surface area contributed by atoms with Gasteiger partial charge in [0.2, 0.25) is 0 Å². The summed E-state index contributed by atoms with van der Waals surface area (Å²) in [7, 11) is 0. The highest BCUT2D eigenvalue weighted by Gasteiger charge is 1.94. The molecule has 0 aromatic carbocycles. The van der Waals surface area contributed by atoms with Crippen molar-refractivity contribution < 1.29 is 4.74 Å². The molecule has 1 rings (SSSR count). The van der Waals surface area contributed by atoms with Gasteiger partial charge in [-0.1, -0.05) is 0 Å². The van der Waals surface area contributed by atoms with Crippen LogP contribution in [0.25, 0.3) is 0 Å². The quantitative estimate of drug-likeness (QED) is 0.325. The molecular formula is C4H12N2O. The molecule has 0 spiro atoms. The van der Waals surface area contributed by atoms with Crippen molar-refractivity contribution >= 4 is 0 Å². The van der Waals surface area contributed by atoms with E-state index in [1.807, 2.05) is 0 Å². The van der Waals surface area contributed by atoms with Crippen molar-refractivity contribution in [3.8, 4) is 0 Å². The van der Waals surface area contributed by atoms with Crippen LogP contribution in [-0.2, 0) is 4.74 Å². The average molecular weight is 104 g/mol. The Hall–Kier alpha value is -0.120. The minimum Gasteiger partial charge on any atom is -0.381 e. The summed E-state index contributed by atoms with van der Waals surface area (Å²) in [4.78, 5) is 0. The number of ether oxygens (including phenoxy) is 1. The molecule has 1 fully saturated rings. The van der Waals surface area contributed by atoms with E-state index in [-0.39, 0.29) is 0 Å². The van der Waals surface area contributed by atoms with Gasteiger partial charge in [0, 0.05) is 13.2 Å². The molecule has 44 valence electrons.